The van der Waals surface area contributed by atoms with Gasteiger partial charge in [0.1, 0.15) is 5.82 Å². The van der Waals surface area contributed by atoms with E-state index in [4.69, 9.17) is 0 Å². The van der Waals surface area contributed by atoms with Gasteiger partial charge in [-0.25, -0.2) is 4.39 Å². The minimum Gasteiger partial charge on any atom is -0.337 e. The molecule has 6 heteroatoms. The average molecular weight is 344 g/mol. The summed E-state index contributed by atoms with van der Waals surface area (Å²) in [4.78, 5) is 29.2. The summed E-state index contributed by atoms with van der Waals surface area (Å²) >= 11 is 1.44. The Hall–Kier alpha value is -2.21. The number of carbonyl (C=O) groups excluding carboxylic acids is 2. The first kappa shape index (κ1) is 15.3. The second kappa shape index (κ2) is 5.70. The van der Waals surface area contributed by atoms with Crippen LogP contribution in [-0.2, 0) is 4.79 Å². The van der Waals surface area contributed by atoms with E-state index in [1.165, 1.54) is 23.5 Å². The van der Waals surface area contributed by atoms with Gasteiger partial charge < -0.3 is 9.80 Å². The lowest BCUT2D eigenvalue weighted by molar-refractivity contribution is -0.117. The topological polar surface area (TPSA) is 40.6 Å². The van der Waals surface area contributed by atoms with Crippen LogP contribution in [0.5, 0.6) is 0 Å². The molecule has 2 aliphatic heterocycles. The van der Waals surface area contributed by atoms with E-state index < -0.39 is 0 Å². The van der Waals surface area contributed by atoms with E-state index in [1.54, 1.807) is 17.0 Å². The number of hydrogen-bond donors (Lipinski definition) is 0. The van der Waals surface area contributed by atoms with Crippen LogP contribution in [0.3, 0.4) is 0 Å². The first-order chi connectivity index (χ1) is 11.6. The van der Waals surface area contributed by atoms with E-state index in [0.717, 1.165) is 11.3 Å². The van der Waals surface area contributed by atoms with Crippen molar-refractivity contribution in [3.8, 4) is 0 Å². The van der Waals surface area contributed by atoms with Crippen LogP contribution in [0, 0.1) is 11.2 Å². The Bertz CT molecular complexity index is 792. The Balaban J connectivity index is 1.51. The SMILES string of the molecule is O=C(c1cccs1)N1CC[C@]2(CC(=O)N(c3cccc(F)c3)C2)C1. The van der Waals surface area contributed by atoms with Crippen molar-refractivity contribution in [1.82, 2.24) is 4.90 Å². The summed E-state index contributed by atoms with van der Waals surface area (Å²) in [5.74, 6) is -0.299. The average Bonchev–Trinajstić information content (AvgIpc) is 3.28. The summed E-state index contributed by atoms with van der Waals surface area (Å²) in [5.41, 5.74) is 0.385. The fraction of sp³-hybridized carbons (Fsp3) is 0.333. The number of halogens is 1. The smallest absolute Gasteiger partial charge is 0.263 e. The van der Waals surface area contributed by atoms with Crippen LogP contribution < -0.4 is 4.90 Å². The molecule has 4 rings (SSSR count). The number of likely N-dealkylation sites (tertiary alicyclic amines) is 1. The quantitative estimate of drug-likeness (QED) is 0.840. The maximum atomic E-state index is 13.5. The zero-order chi connectivity index (χ0) is 16.7. The molecule has 1 aromatic heterocycles. The second-order valence-electron chi connectivity index (χ2n) is 6.59. The third-order valence-electron chi connectivity index (χ3n) is 4.90. The number of thiophene rings is 1. The molecule has 2 saturated heterocycles. The van der Waals surface area contributed by atoms with Gasteiger partial charge in [-0.15, -0.1) is 11.3 Å². The molecule has 1 spiro atoms. The summed E-state index contributed by atoms with van der Waals surface area (Å²) < 4.78 is 13.5. The highest BCUT2D eigenvalue weighted by molar-refractivity contribution is 7.12. The molecule has 0 unspecified atom stereocenters. The fourth-order valence-corrected chi connectivity index (χ4v) is 4.40. The van der Waals surface area contributed by atoms with Gasteiger partial charge in [0.2, 0.25) is 5.91 Å². The Morgan fingerprint density at radius 2 is 2.08 bits per heavy atom. The molecule has 0 bridgehead atoms. The maximum absolute atomic E-state index is 13.5. The Kier molecular flexibility index (Phi) is 3.64. The van der Waals surface area contributed by atoms with Crippen LogP contribution in [0.25, 0.3) is 0 Å². The predicted octanol–water partition coefficient (Wildman–Crippen LogP) is 3.16. The zero-order valence-corrected chi connectivity index (χ0v) is 13.9. The molecule has 2 fully saturated rings. The van der Waals surface area contributed by atoms with E-state index in [0.29, 0.717) is 31.7 Å². The van der Waals surface area contributed by atoms with Gasteiger partial charge in [0.25, 0.3) is 5.91 Å². The number of carbonyl (C=O) groups is 2. The number of benzene rings is 1. The molecule has 2 aromatic rings. The number of hydrogen-bond acceptors (Lipinski definition) is 3. The van der Waals surface area contributed by atoms with Gasteiger partial charge in [0.05, 0.1) is 4.88 Å². The number of anilines is 1. The van der Waals surface area contributed by atoms with Crippen LogP contribution in [0.2, 0.25) is 0 Å². The zero-order valence-electron chi connectivity index (χ0n) is 13.1. The third-order valence-corrected chi connectivity index (χ3v) is 5.76. The largest absolute Gasteiger partial charge is 0.337 e. The predicted molar refractivity (Wildman–Crippen MR) is 90.6 cm³/mol. The second-order valence-corrected chi connectivity index (χ2v) is 7.54. The molecule has 124 valence electrons. The van der Waals surface area contributed by atoms with Crippen molar-refractivity contribution in [2.24, 2.45) is 5.41 Å². The minimum atomic E-state index is -0.345. The summed E-state index contributed by atoms with van der Waals surface area (Å²) in [5, 5.41) is 1.89. The lowest BCUT2D eigenvalue weighted by atomic mass is 9.86. The molecule has 0 aliphatic carbocycles. The van der Waals surface area contributed by atoms with Crippen molar-refractivity contribution in [3.05, 3.63) is 52.5 Å². The van der Waals surface area contributed by atoms with Gasteiger partial charge in [-0.1, -0.05) is 12.1 Å². The Morgan fingerprint density at radius 3 is 2.83 bits per heavy atom. The third kappa shape index (κ3) is 2.60. The number of nitrogens with zero attached hydrogens (tertiary/aromatic N) is 2. The van der Waals surface area contributed by atoms with Crippen molar-refractivity contribution >= 4 is 28.8 Å². The van der Waals surface area contributed by atoms with Crippen molar-refractivity contribution in [3.63, 3.8) is 0 Å². The first-order valence-corrected chi connectivity index (χ1v) is 8.83. The van der Waals surface area contributed by atoms with Crippen molar-refractivity contribution in [2.45, 2.75) is 12.8 Å². The Morgan fingerprint density at radius 1 is 1.21 bits per heavy atom. The fourth-order valence-electron chi connectivity index (χ4n) is 3.71. The Labute approximate surface area is 143 Å². The van der Waals surface area contributed by atoms with Crippen LogP contribution in [0.4, 0.5) is 10.1 Å². The van der Waals surface area contributed by atoms with E-state index in [-0.39, 0.29) is 23.0 Å². The van der Waals surface area contributed by atoms with E-state index in [2.05, 4.69) is 0 Å². The van der Waals surface area contributed by atoms with Crippen molar-refractivity contribution in [2.75, 3.05) is 24.5 Å². The lowest BCUT2D eigenvalue weighted by Gasteiger charge is -2.24. The molecule has 24 heavy (non-hydrogen) atoms. The van der Waals surface area contributed by atoms with Crippen LogP contribution in [0.1, 0.15) is 22.5 Å². The van der Waals surface area contributed by atoms with E-state index >= 15 is 0 Å². The monoisotopic (exact) mass is 344 g/mol. The van der Waals surface area contributed by atoms with Gasteiger partial charge in [-0.3, -0.25) is 9.59 Å². The number of rotatable bonds is 2. The summed E-state index contributed by atoms with van der Waals surface area (Å²) in [7, 11) is 0. The molecule has 1 aromatic carbocycles. The molecule has 0 N–H and O–H groups in total. The highest BCUT2D eigenvalue weighted by Gasteiger charge is 2.48. The molecule has 3 heterocycles. The van der Waals surface area contributed by atoms with Crippen molar-refractivity contribution in [1.29, 1.82) is 0 Å². The van der Waals surface area contributed by atoms with Crippen LogP contribution >= 0.6 is 11.3 Å². The molecule has 0 radical (unpaired) electrons. The molecule has 1 atom stereocenters. The molecule has 2 amide bonds. The van der Waals surface area contributed by atoms with Crippen molar-refractivity contribution < 1.29 is 14.0 Å². The van der Waals surface area contributed by atoms with E-state index in [1.807, 2.05) is 22.4 Å². The molecular formula is C18H17FN2O2S. The lowest BCUT2D eigenvalue weighted by Crippen LogP contribution is -2.33. The molecular weight excluding hydrogens is 327 g/mol. The standard InChI is InChI=1S/C18H17FN2O2S/c19-13-3-1-4-14(9-13)21-12-18(10-16(21)22)6-7-20(11-18)17(23)15-5-2-8-24-15/h1-5,8-9H,6-7,10-12H2/t18-/m0/s1. The number of amides is 2. The highest BCUT2D eigenvalue weighted by Crippen LogP contribution is 2.42. The normalized spacial score (nSPS) is 23.5. The summed E-state index contributed by atoms with van der Waals surface area (Å²) in [6.07, 6.45) is 1.22. The molecule has 2 aliphatic rings. The van der Waals surface area contributed by atoms with Crippen LogP contribution in [0.15, 0.2) is 41.8 Å². The van der Waals surface area contributed by atoms with Crippen LogP contribution in [-0.4, -0.2) is 36.3 Å². The summed E-state index contributed by atoms with van der Waals surface area (Å²) in [6.45, 7) is 1.80. The van der Waals surface area contributed by atoms with Gasteiger partial charge in [-0.05, 0) is 36.1 Å². The molecule has 4 nitrogen and oxygen atoms in total. The van der Waals surface area contributed by atoms with Gasteiger partial charge in [-0.2, -0.15) is 0 Å². The maximum Gasteiger partial charge on any atom is 0.263 e. The molecule has 0 saturated carbocycles. The summed E-state index contributed by atoms with van der Waals surface area (Å²) in [6, 6.07) is 9.83. The van der Waals surface area contributed by atoms with E-state index in [9.17, 15) is 14.0 Å². The van der Waals surface area contributed by atoms with Gasteiger partial charge in [0.15, 0.2) is 0 Å². The first-order valence-electron chi connectivity index (χ1n) is 7.95. The van der Waals surface area contributed by atoms with Gasteiger partial charge in [0, 0.05) is 37.2 Å². The minimum absolute atomic E-state index is 0.00558. The highest BCUT2D eigenvalue weighted by atomic mass is 32.1. The van der Waals surface area contributed by atoms with Gasteiger partial charge >= 0.3 is 0 Å².